The Kier molecular flexibility index (Phi) is 3.99. The van der Waals surface area contributed by atoms with Crippen molar-refractivity contribution in [3.63, 3.8) is 0 Å². The van der Waals surface area contributed by atoms with E-state index in [9.17, 15) is 0 Å². The minimum atomic E-state index is 0.325. The van der Waals surface area contributed by atoms with Crippen LogP contribution < -0.4 is 0 Å². The molecule has 0 heteroatoms. The van der Waals surface area contributed by atoms with Crippen molar-refractivity contribution in [2.24, 2.45) is 0 Å². The Labute approximate surface area is 109 Å². The summed E-state index contributed by atoms with van der Waals surface area (Å²) in [5.41, 5.74) is 3.35. The number of hydrogen-bond acceptors (Lipinski definition) is 0. The molecule has 0 heterocycles. The van der Waals surface area contributed by atoms with Gasteiger partial charge < -0.3 is 0 Å². The molecule has 0 aliphatic carbocycles. The summed E-state index contributed by atoms with van der Waals surface area (Å²) in [6, 6.07) is 18.3. The lowest BCUT2D eigenvalue weighted by Gasteiger charge is -2.08. The summed E-state index contributed by atoms with van der Waals surface area (Å²) in [6.07, 6.45) is 1.95. The van der Waals surface area contributed by atoms with E-state index in [0.717, 1.165) is 11.1 Å². The molecule has 0 N–H and O–H groups in total. The molecule has 0 saturated carbocycles. The normalized spacial score (nSPS) is 11.2. The van der Waals surface area contributed by atoms with Gasteiger partial charge in [-0.3, -0.25) is 0 Å². The van der Waals surface area contributed by atoms with E-state index < -0.39 is 0 Å². The SMILES string of the molecule is C=CC(C)c1ccccc1C#Cc1ccccc1. The van der Waals surface area contributed by atoms with Crippen LogP contribution >= 0.6 is 0 Å². The molecule has 0 aliphatic heterocycles. The maximum absolute atomic E-state index is 3.85. The van der Waals surface area contributed by atoms with Crippen LogP contribution in [0.2, 0.25) is 0 Å². The van der Waals surface area contributed by atoms with Gasteiger partial charge in [-0.25, -0.2) is 0 Å². The zero-order valence-corrected chi connectivity index (χ0v) is 10.6. The van der Waals surface area contributed by atoms with Crippen LogP contribution in [0.3, 0.4) is 0 Å². The predicted octanol–water partition coefficient (Wildman–Crippen LogP) is 4.38. The molecule has 0 aliphatic rings. The molecule has 88 valence electrons. The quantitative estimate of drug-likeness (QED) is 0.532. The molecule has 0 fully saturated rings. The van der Waals surface area contributed by atoms with Crippen LogP contribution in [-0.2, 0) is 0 Å². The fraction of sp³-hybridized carbons (Fsp3) is 0.111. The Morgan fingerprint density at radius 3 is 2.33 bits per heavy atom. The fourth-order valence-corrected chi connectivity index (χ4v) is 1.80. The zero-order chi connectivity index (χ0) is 12.8. The van der Waals surface area contributed by atoms with Gasteiger partial charge in [-0.1, -0.05) is 61.2 Å². The van der Waals surface area contributed by atoms with Gasteiger partial charge in [0.05, 0.1) is 0 Å². The van der Waals surface area contributed by atoms with E-state index in [1.165, 1.54) is 5.56 Å². The van der Waals surface area contributed by atoms with Crippen molar-refractivity contribution < 1.29 is 0 Å². The Hall–Kier alpha value is -2.26. The summed E-state index contributed by atoms with van der Waals surface area (Å²) < 4.78 is 0. The second-order valence-electron chi connectivity index (χ2n) is 4.23. The molecule has 18 heavy (non-hydrogen) atoms. The van der Waals surface area contributed by atoms with Gasteiger partial charge in [-0.15, -0.1) is 6.58 Å². The highest BCUT2D eigenvalue weighted by Crippen LogP contribution is 2.19. The molecule has 0 bridgehead atoms. The second kappa shape index (κ2) is 5.89. The molecule has 0 nitrogen and oxygen atoms in total. The van der Waals surface area contributed by atoms with Crippen molar-refractivity contribution in [3.05, 3.63) is 83.9 Å². The van der Waals surface area contributed by atoms with E-state index in [1.54, 1.807) is 0 Å². The minimum Gasteiger partial charge on any atom is -0.102 e. The van der Waals surface area contributed by atoms with E-state index in [2.05, 4.69) is 37.5 Å². The Morgan fingerprint density at radius 2 is 1.61 bits per heavy atom. The highest BCUT2D eigenvalue weighted by atomic mass is 14.1. The first-order chi connectivity index (χ1) is 8.81. The third kappa shape index (κ3) is 2.90. The lowest BCUT2D eigenvalue weighted by molar-refractivity contribution is 0.966. The standard InChI is InChI=1S/C18H16/c1-3-15(2)18-12-8-7-11-17(18)14-13-16-9-5-4-6-10-16/h3-12,15H,1H2,2H3. The average Bonchev–Trinajstić information content (AvgIpc) is 2.45. The minimum absolute atomic E-state index is 0.325. The van der Waals surface area contributed by atoms with E-state index in [0.29, 0.717) is 5.92 Å². The van der Waals surface area contributed by atoms with Crippen molar-refractivity contribution in [2.75, 3.05) is 0 Å². The van der Waals surface area contributed by atoms with Crippen LogP contribution in [0.4, 0.5) is 0 Å². The number of benzene rings is 2. The van der Waals surface area contributed by atoms with E-state index in [1.807, 2.05) is 48.5 Å². The third-order valence-corrected chi connectivity index (χ3v) is 2.92. The van der Waals surface area contributed by atoms with Crippen LogP contribution in [-0.4, -0.2) is 0 Å². The third-order valence-electron chi connectivity index (χ3n) is 2.92. The number of allylic oxidation sites excluding steroid dienone is 1. The van der Waals surface area contributed by atoms with E-state index >= 15 is 0 Å². The van der Waals surface area contributed by atoms with Crippen molar-refractivity contribution in [3.8, 4) is 11.8 Å². The van der Waals surface area contributed by atoms with Crippen LogP contribution in [0, 0.1) is 11.8 Å². The van der Waals surface area contributed by atoms with Crippen molar-refractivity contribution >= 4 is 0 Å². The van der Waals surface area contributed by atoms with Gasteiger partial charge in [0.2, 0.25) is 0 Å². The van der Waals surface area contributed by atoms with E-state index in [4.69, 9.17) is 0 Å². The lowest BCUT2D eigenvalue weighted by atomic mass is 9.96. The van der Waals surface area contributed by atoms with Gasteiger partial charge in [0.1, 0.15) is 0 Å². The average molecular weight is 232 g/mol. The molecular formula is C18H16. The molecule has 0 spiro atoms. The molecule has 2 rings (SSSR count). The van der Waals surface area contributed by atoms with Crippen LogP contribution in [0.25, 0.3) is 0 Å². The highest BCUT2D eigenvalue weighted by molar-refractivity contribution is 5.48. The zero-order valence-electron chi connectivity index (χ0n) is 10.6. The predicted molar refractivity (Wildman–Crippen MR) is 77.5 cm³/mol. The van der Waals surface area contributed by atoms with E-state index in [-0.39, 0.29) is 0 Å². The topological polar surface area (TPSA) is 0 Å². The van der Waals surface area contributed by atoms with Gasteiger partial charge in [-0.2, -0.15) is 0 Å². The fourth-order valence-electron chi connectivity index (χ4n) is 1.80. The second-order valence-corrected chi connectivity index (χ2v) is 4.23. The van der Waals surface area contributed by atoms with Gasteiger partial charge in [-0.05, 0) is 29.7 Å². The van der Waals surface area contributed by atoms with Crippen LogP contribution in [0.1, 0.15) is 29.5 Å². The maximum Gasteiger partial charge on any atom is 0.0286 e. The molecule has 0 amide bonds. The summed E-state index contributed by atoms with van der Waals surface area (Å²) in [5, 5.41) is 0. The van der Waals surface area contributed by atoms with Crippen molar-refractivity contribution in [2.45, 2.75) is 12.8 Å². The monoisotopic (exact) mass is 232 g/mol. The van der Waals surface area contributed by atoms with Crippen LogP contribution in [0.5, 0.6) is 0 Å². The summed E-state index contributed by atoms with van der Waals surface area (Å²) in [7, 11) is 0. The molecule has 1 atom stereocenters. The molecule has 0 saturated heterocycles. The number of hydrogen-bond donors (Lipinski definition) is 0. The summed E-state index contributed by atoms with van der Waals surface area (Å²) >= 11 is 0. The number of rotatable bonds is 2. The van der Waals surface area contributed by atoms with Crippen LogP contribution in [0.15, 0.2) is 67.3 Å². The first-order valence-corrected chi connectivity index (χ1v) is 6.10. The van der Waals surface area contributed by atoms with Crippen molar-refractivity contribution in [1.29, 1.82) is 0 Å². The molecular weight excluding hydrogens is 216 g/mol. The molecule has 0 radical (unpaired) electrons. The lowest BCUT2D eigenvalue weighted by Crippen LogP contribution is -1.92. The van der Waals surface area contributed by atoms with Crippen molar-refractivity contribution in [1.82, 2.24) is 0 Å². The van der Waals surface area contributed by atoms with Gasteiger partial charge in [0.25, 0.3) is 0 Å². The maximum atomic E-state index is 3.85. The Balaban J connectivity index is 2.36. The molecule has 2 aromatic rings. The highest BCUT2D eigenvalue weighted by Gasteiger charge is 2.04. The summed E-state index contributed by atoms with van der Waals surface area (Å²) in [5.74, 6) is 6.77. The first-order valence-electron chi connectivity index (χ1n) is 6.10. The Morgan fingerprint density at radius 1 is 0.944 bits per heavy atom. The largest absolute Gasteiger partial charge is 0.102 e. The Bertz CT molecular complexity index is 582. The van der Waals surface area contributed by atoms with Gasteiger partial charge in [0, 0.05) is 11.1 Å². The first kappa shape index (κ1) is 12.2. The van der Waals surface area contributed by atoms with Gasteiger partial charge in [0.15, 0.2) is 0 Å². The molecule has 0 aromatic heterocycles. The summed E-state index contributed by atoms with van der Waals surface area (Å²) in [6.45, 7) is 5.98. The smallest absolute Gasteiger partial charge is 0.0286 e. The van der Waals surface area contributed by atoms with Gasteiger partial charge >= 0.3 is 0 Å². The molecule has 2 aromatic carbocycles. The summed E-state index contributed by atoms with van der Waals surface area (Å²) in [4.78, 5) is 0. The molecule has 1 unspecified atom stereocenters.